The zero-order valence-electron chi connectivity index (χ0n) is 15.6. The second-order valence-electron chi connectivity index (χ2n) is 11.9. The van der Waals surface area contributed by atoms with Crippen LogP contribution in [0.15, 0.2) is 30.3 Å². The molecule has 0 radical (unpaired) electrons. The van der Waals surface area contributed by atoms with E-state index in [9.17, 15) is 0 Å². The fraction of sp³-hybridized carbons (Fsp3) is 0.769. The van der Waals surface area contributed by atoms with Crippen molar-refractivity contribution >= 4 is 0 Å². The lowest BCUT2D eigenvalue weighted by molar-refractivity contribution is 0.143. The third-order valence-corrected chi connectivity index (χ3v) is 12.4. The first-order valence-electron chi connectivity index (χ1n) is 12.0. The molecule has 8 saturated carbocycles. The lowest BCUT2D eigenvalue weighted by Gasteiger charge is -2.34. The van der Waals surface area contributed by atoms with Crippen molar-refractivity contribution in [2.24, 2.45) is 88.8 Å². The molecule has 0 nitrogen and oxygen atoms in total. The predicted molar refractivity (Wildman–Crippen MR) is 101 cm³/mol. The molecule has 0 aliphatic heterocycles. The lowest BCUT2D eigenvalue weighted by Crippen LogP contribution is -2.30. The van der Waals surface area contributed by atoms with E-state index in [0.717, 1.165) is 17.8 Å². The molecule has 1 aromatic rings. The molecule has 15 atom stereocenters. The maximum atomic E-state index is 2.44. The molecule has 134 valence electrons. The van der Waals surface area contributed by atoms with Gasteiger partial charge in [0.2, 0.25) is 0 Å². The Morgan fingerprint density at radius 1 is 0.500 bits per heavy atom. The molecule has 0 N–H and O–H groups in total. The summed E-state index contributed by atoms with van der Waals surface area (Å²) in [7, 11) is 0. The van der Waals surface area contributed by atoms with Crippen molar-refractivity contribution < 1.29 is 0 Å². The third kappa shape index (κ3) is 1.12. The average molecular weight is 343 g/mol. The minimum Gasteiger partial charge on any atom is -0.0622 e. The number of hydrogen-bond donors (Lipinski definition) is 0. The van der Waals surface area contributed by atoms with E-state index >= 15 is 0 Å². The van der Waals surface area contributed by atoms with Crippen molar-refractivity contribution in [2.75, 3.05) is 0 Å². The molecular formula is C26H30. The number of fused-ring (bicyclic) bond motifs is 4. The summed E-state index contributed by atoms with van der Waals surface area (Å²) in [6.45, 7) is 0. The van der Waals surface area contributed by atoms with Gasteiger partial charge in [-0.05, 0) is 126 Å². The summed E-state index contributed by atoms with van der Waals surface area (Å²) in [6.07, 6.45) is 7.98. The van der Waals surface area contributed by atoms with Gasteiger partial charge < -0.3 is 0 Å². The molecule has 8 aliphatic rings. The van der Waals surface area contributed by atoms with Gasteiger partial charge in [-0.15, -0.1) is 0 Å². The molecular weight excluding hydrogens is 312 g/mol. The van der Waals surface area contributed by atoms with Gasteiger partial charge in [0.15, 0.2) is 0 Å². The molecule has 0 heterocycles. The SMILES string of the molecule is c1ccc(CC2[C@@H]3[C@@H]4CC[C@@H]5C6C7[C@@H]8[C@@H]([C@@H]2[C@@H]2CC[C@@H]6[C@H]28)[C@H]3[C@H]7[C@H]45)cc1. The van der Waals surface area contributed by atoms with Crippen molar-refractivity contribution in [3.8, 4) is 0 Å². The summed E-state index contributed by atoms with van der Waals surface area (Å²) in [5.74, 6) is 17.9. The van der Waals surface area contributed by atoms with Gasteiger partial charge >= 0.3 is 0 Å². The summed E-state index contributed by atoms with van der Waals surface area (Å²) < 4.78 is 0. The topological polar surface area (TPSA) is 0 Å². The quantitative estimate of drug-likeness (QED) is 0.698. The van der Waals surface area contributed by atoms with Crippen LogP contribution >= 0.6 is 0 Å². The third-order valence-electron chi connectivity index (χ3n) is 12.4. The first-order valence-corrected chi connectivity index (χ1v) is 12.0. The fourth-order valence-corrected chi connectivity index (χ4v) is 13.0. The van der Waals surface area contributed by atoms with Crippen molar-refractivity contribution in [2.45, 2.75) is 32.1 Å². The highest BCUT2D eigenvalue weighted by Gasteiger charge is 2.84. The molecule has 0 amide bonds. The maximum absolute atomic E-state index is 2.44. The van der Waals surface area contributed by atoms with Crippen LogP contribution < -0.4 is 0 Å². The normalized spacial score (nSPS) is 68.7. The van der Waals surface area contributed by atoms with Crippen molar-refractivity contribution in [3.05, 3.63) is 35.9 Å². The van der Waals surface area contributed by atoms with Crippen molar-refractivity contribution in [3.63, 3.8) is 0 Å². The van der Waals surface area contributed by atoms with Crippen molar-refractivity contribution in [1.82, 2.24) is 0 Å². The van der Waals surface area contributed by atoms with Crippen LogP contribution in [-0.4, -0.2) is 0 Å². The maximum Gasteiger partial charge on any atom is -0.0245 e. The minimum atomic E-state index is 1.07. The molecule has 8 aliphatic carbocycles. The summed E-state index contributed by atoms with van der Waals surface area (Å²) in [5, 5.41) is 0. The van der Waals surface area contributed by atoms with E-state index in [-0.39, 0.29) is 0 Å². The predicted octanol–water partition coefficient (Wildman–Crippen LogP) is 5.14. The Morgan fingerprint density at radius 2 is 0.923 bits per heavy atom. The number of benzene rings is 1. The molecule has 0 heteroatoms. The van der Waals surface area contributed by atoms with Gasteiger partial charge in [0, 0.05) is 0 Å². The smallest absolute Gasteiger partial charge is 0.0245 e. The molecule has 0 bridgehead atoms. The number of hydrogen-bond acceptors (Lipinski definition) is 0. The highest BCUT2D eigenvalue weighted by molar-refractivity contribution is 5.33. The molecule has 26 heavy (non-hydrogen) atoms. The van der Waals surface area contributed by atoms with E-state index in [1.165, 1.54) is 77.4 Å². The van der Waals surface area contributed by atoms with Crippen molar-refractivity contribution in [1.29, 1.82) is 0 Å². The van der Waals surface area contributed by atoms with Crippen LogP contribution in [0.5, 0.6) is 0 Å². The Labute approximate surface area is 157 Å². The van der Waals surface area contributed by atoms with Crippen LogP contribution in [0.4, 0.5) is 0 Å². The van der Waals surface area contributed by atoms with Crippen LogP contribution in [0.2, 0.25) is 0 Å². The standard InChI is InChI=1S/C26H30/c1-2-4-11(5-3-1)10-16-20-14-8-6-12-17-13-7-9-15-19(13)24-22(17)23(18(12)14)25(20)26(24)21(15)16/h1-5,12-26H,6-10H2/t12-,13+,14-,15-,16?,17?,18+,19-,20+,21-,22?,23+,24-,25-,26-/m1/s1. The molecule has 1 aromatic carbocycles. The van der Waals surface area contributed by atoms with Crippen LogP contribution in [0.3, 0.4) is 0 Å². The zero-order chi connectivity index (χ0) is 16.3. The van der Waals surface area contributed by atoms with Gasteiger partial charge in [-0.2, -0.15) is 0 Å². The summed E-state index contributed by atoms with van der Waals surface area (Å²) in [6, 6.07) is 11.7. The minimum absolute atomic E-state index is 1.07. The van der Waals surface area contributed by atoms with E-state index in [0.29, 0.717) is 0 Å². The fourth-order valence-electron chi connectivity index (χ4n) is 13.0. The van der Waals surface area contributed by atoms with E-state index < -0.39 is 0 Å². The molecule has 9 rings (SSSR count). The monoisotopic (exact) mass is 342 g/mol. The highest BCUT2D eigenvalue weighted by Crippen LogP contribution is 2.89. The van der Waals surface area contributed by atoms with Gasteiger partial charge in [-0.1, -0.05) is 30.3 Å². The van der Waals surface area contributed by atoms with E-state index in [2.05, 4.69) is 30.3 Å². The molecule has 3 unspecified atom stereocenters. The van der Waals surface area contributed by atoms with E-state index in [1.807, 2.05) is 0 Å². The first kappa shape index (κ1) is 13.4. The molecule has 0 spiro atoms. The summed E-state index contributed by atoms with van der Waals surface area (Å²) in [4.78, 5) is 0. The first-order chi connectivity index (χ1) is 12.9. The zero-order valence-corrected chi connectivity index (χ0v) is 15.6. The van der Waals surface area contributed by atoms with Crippen LogP contribution in [-0.2, 0) is 6.42 Å². The Morgan fingerprint density at radius 3 is 1.42 bits per heavy atom. The Balaban J connectivity index is 1.26. The molecule has 0 saturated heterocycles. The van der Waals surface area contributed by atoms with Crippen LogP contribution in [0.25, 0.3) is 0 Å². The molecule has 8 fully saturated rings. The Bertz CT molecular complexity index is 765. The van der Waals surface area contributed by atoms with E-state index in [1.54, 1.807) is 31.2 Å². The van der Waals surface area contributed by atoms with Gasteiger partial charge in [-0.3, -0.25) is 0 Å². The highest BCUT2D eigenvalue weighted by atomic mass is 14.9. The largest absolute Gasteiger partial charge is 0.0622 e. The lowest BCUT2D eigenvalue weighted by atomic mass is 9.70. The van der Waals surface area contributed by atoms with Crippen LogP contribution in [0, 0.1) is 88.8 Å². The second-order valence-corrected chi connectivity index (χ2v) is 11.9. The van der Waals surface area contributed by atoms with Gasteiger partial charge in [-0.25, -0.2) is 0 Å². The number of rotatable bonds is 2. The van der Waals surface area contributed by atoms with Gasteiger partial charge in [0.1, 0.15) is 0 Å². The Kier molecular flexibility index (Phi) is 2.06. The summed E-state index contributed by atoms with van der Waals surface area (Å²) in [5.41, 5.74) is 1.66. The Hall–Kier alpha value is -0.780. The summed E-state index contributed by atoms with van der Waals surface area (Å²) >= 11 is 0. The molecule has 0 aromatic heterocycles. The second kappa shape index (κ2) is 3.99. The average Bonchev–Trinajstić information content (AvgIpc) is 3.42. The van der Waals surface area contributed by atoms with Gasteiger partial charge in [0.05, 0.1) is 0 Å². The van der Waals surface area contributed by atoms with Crippen LogP contribution in [0.1, 0.15) is 31.2 Å². The van der Waals surface area contributed by atoms with E-state index in [4.69, 9.17) is 0 Å². The van der Waals surface area contributed by atoms with Gasteiger partial charge in [0.25, 0.3) is 0 Å².